The highest BCUT2D eigenvalue weighted by atomic mass is 32.1. The quantitative estimate of drug-likeness (QED) is 0.915. The van der Waals surface area contributed by atoms with E-state index in [9.17, 15) is 9.59 Å². The maximum Gasteiger partial charge on any atom is 0.339 e. The van der Waals surface area contributed by atoms with Gasteiger partial charge in [-0.1, -0.05) is 6.92 Å². The smallest absolute Gasteiger partial charge is 0.339 e. The molecule has 0 spiro atoms. The first-order valence-electron chi connectivity index (χ1n) is 7.00. The first-order valence-corrected chi connectivity index (χ1v) is 7.82. The van der Waals surface area contributed by atoms with E-state index in [0.717, 1.165) is 12.0 Å². The summed E-state index contributed by atoms with van der Waals surface area (Å²) in [6.45, 7) is 5.91. The summed E-state index contributed by atoms with van der Waals surface area (Å²) in [7, 11) is 1.68. The van der Waals surface area contributed by atoms with Crippen LogP contribution in [-0.2, 0) is 13.0 Å². The number of carboxylic acid groups (broad SMARTS) is 1. The Balaban J connectivity index is 2.14. The molecule has 0 aliphatic heterocycles. The van der Waals surface area contributed by atoms with Crippen molar-refractivity contribution in [3.8, 4) is 0 Å². The average molecular weight is 321 g/mol. The standard InChI is InChI=1S/C16H19NO4S/c1-5-13-9(2)6-14(22-13)15(18)17(4)8-11-7-12(16(19)20)10(3)21-11/h6-7H,5,8H2,1-4H3,(H,19,20). The molecule has 0 saturated heterocycles. The lowest BCUT2D eigenvalue weighted by atomic mass is 10.2. The summed E-state index contributed by atoms with van der Waals surface area (Å²) >= 11 is 1.50. The summed E-state index contributed by atoms with van der Waals surface area (Å²) in [5, 5.41) is 9.02. The minimum absolute atomic E-state index is 0.0845. The molecule has 5 nitrogen and oxygen atoms in total. The number of hydrogen-bond donors (Lipinski definition) is 1. The van der Waals surface area contributed by atoms with Crippen molar-refractivity contribution in [1.29, 1.82) is 0 Å². The Hall–Kier alpha value is -2.08. The summed E-state index contributed by atoms with van der Waals surface area (Å²) in [6, 6.07) is 3.37. The topological polar surface area (TPSA) is 70.8 Å². The number of aryl methyl sites for hydroxylation is 3. The summed E-state index contributed by atoms with van der Waals surface area (Å²) in [6.07, 6.45) is 0.910. The number of amides is 1. The summed E-state index contributed by atoms with van der Waals surface area (Å²) in [5.41, 5.74) is 1.27. The predicted octanol–water partition coefficient (Wildman–Crippen LogP) is 3.49. The number of rotatable bonds is 5. The first kappa shape index (κ1) is 16.3. The van der Waals surface area contributed by atoms with E-state index in [1.807, 2.05) is 13.0 Å². The fourth-order valence-electron chi connectivity index (χ4n) is 2.30. The molecule has 0 aliphatic carbocycles. The molecule has 2 heterocycles. The summed E-state index contributed by atoms with van der Waals surface area (Å²) in [4.78, 5) is 26.9. The van der Waals surface area contributed by atoms with E-state index in [1.54, 1.807) is 14.0 Å². The average Bonchev–Trinajstić information content (AvgIpc) is 3.00. The number of aromatic carboxylic acids is 1. The lowest BCUT2D eigenvalue weighted by molar-refractivity contribution is 0.0694. The first-order chi connectivity index (χ1) is 10.3. The van der Waals surface area contributed by atoms with Gasteiger partial charge in [0.05, 0.1) is 11.4 Å². The highest BCUT2D eigenvalue weighted by Gasteiger charge is 2.19. The number of furan rings is 1. The van der Waals surface area contributed by atoms with Gasteiger partial charge < -0.3 is 14.4 Å². The van der Waals surface area contributed by atoms with Crippen LogP contribution in [0.3, 0.4) is 0 Å². The van der Waals surface area contributed by atoms with Crippen LogP contribution in [0.25, 0.3) is 0 Å². The maximum atomic E-state index is 12.4. The molecule has 0 atom stereocenters. The van der Waals surface area contributed by atoms with E-state index in [4.69, 9.17) is 9.52 Å². The number of carboxylic acids is 1. The number of hydrogen-bond acceptors (Lipinski definition) is 4. The number of thiophene rings is 1. The van der Waals surface area contributed by atoms with Gasteiger partial charge in [0, 0.05) is 11.9 Å². The molecule has 2 aromatic heterocycles. The third-order valence-corrected chi connectivity index (χ3v) is 4.86. The minimum Gasteiger partial charge on any atom is -0.478 e. The Bertz CT molecular complexity index is 714. The zero-order valence-corrected chi connectivity index (χ0v) is 13.9. The number of carbonyl (C=O) groups excluding carboxylic acids is 1. The Kier molecular flexibility index (Phi) is 4.71. The fourth-order valence-corrected chi connectivity index (χ4v) is 3.41. The molecule has 0 saturated carbocycles. The molecule has 2 aromatic rings. The minimum atomic E-state index is -1.03. The molecule has 1 N–H and O–H groups in total. The van der Waals surface area contributed by atoms with Gasteiger partial charge in [0.2, 0.25) is 0 Å². The summed E-state index contributed by atoms with van der Waals surface area (Å²) in [5.74, 6) is -0.292. The Morgan fingerprint density at radius 3 is 2.50 bits per heavy atom. The van der Waals surface area contributed by atoms with E-state index in [2.05, 4.69) is 6.92 Å². The maximum absolute atomic E-state index is 12.4. The van der Waals surface area contributed by atoms with Gasteiger partial charge in [-0.15, -0.1) is 11.3 Å². The second kappa shape index (κ2) is 6.36. The van der Waals surface area contributed by atoms with Gasteiger partial charge in [0.15, 0.2) is 0 Å². The molecule has 0 bridgehead atoms. The van der Waals surface area contributed by atoms with E-state index in [-0.39, 0.29) is 18.0 Å². The van der Waals surface area contributed by atoms with Crippen LogP contribution in [0.4, 0.5) is 0 Å². The van der Waals surface area contributed by atoms with Crippen LogP contribution in [0, 0.1) is 13.8 Å². The molecule has 0 radical (unpaired) electrons. The van der Waals surface area contributed by atoms with Crippen molar-refractivity contribution in [2.75, 3.05) is 7.05 Å². The number of carbonyl (C=O) groups is 2. The third-order valence-electron chi connectivity index (χ3n) is 3.49. The SMILES string of the molecule is CCc1sc(C(=O)N(C)Cc2cc(C(=O)O)c(C)o2)cc1C. The van der Waals surface area contributed by atoms with Crippen molar-refractivity contribution >= 4 is 23.2 Å². The van der Waals surface area contributed by atoms with E-state index in [1.165, 1.54) is 27.2 Å². The van der Waals surface area contributed by atoms with Gasteiger partial charge in [-0.25, -0.2) is 4.79 Å². The lowest BCUT2D eigenvalue weighted by Crippen LogP contribution is -2.25. The van der Waals surface area contributed by atoms with Crippen molar-refractivity contribution < 1.29 is 19.1 Å². The molecule has 0 fully saturated rings. The third kappa shape index (κ3) is 3.22. The van der Waals surface area contributed by atoms with Crippen molar-refractivity contribution in [3.05, 3.63) is 44.5 Å². The molecule has 0 aliphatic rings. The molecular weight excluding hydrogens is 302 g/mol. The number of nitrogens with zero attached hydrogens (tertiary/aromatic N) is 1. The molecule has 0 unspecified atom stereocenters. The predicted molar refractivity (Wildman–Crippen MR) is 84.6 cm³/mol. The molecule has 118 valence electrons. The highest BCUT2D eigenvalue weighted by molar-refractivity contribution is 7.14. The molecule has 22 heavy (non-hydrogen) atoms. The molecule has 2 rings (SSSR count). The normalized spacial score (nSPS) is 10.7. The molecular formula is C16H19NO4S. The van der Waals surface area contributed by atoms with Crippen LogP contribution in [0.15, 0.2) is 16.5 Å². The van der Waals surface area contributed by atoms with Gasteiger partial charge in [-0.3, -0.25) is 4.79 Å². The van der Waals surface area contributed by atoms with Gasteiger partial charge in [-0.2, -0.15) is 0 Å². The van der Waals surface area contributed by atoms with Crippen LogP contribution >= 0.6 is 11.3 Å². The van der Waals surface area contributed by atoms with Crippen molar-refractivity contribution in [1.82, 2.24) is 4.90 Å². The molecule has 1 amide bonds. The van der Waals surface area contributed by atoms with Gasteiger partial charge in [0.1, 0.15) is 17.1 Å². The molecule has 6 heteroatoms. The highest BCUT2D eigenvalue weighted by Crippen LogP contribution is 2.24. The Morgan fingerprint density at radius 2 is 2.00 bits per heavy atom. The van der Waals surface area contributed by atoms with E-state index >= 15 is 0 Å². The van der Waals surface area contributed by atoms with Crippen LogP contribution in [0.5, 0.6) is 0 Å². The van der Waals surface area contributed by atoms with Gasteiger partial charge in [-0.05, 0) is 38.0 Å². The van der Waals surface area contributed by atoms with Crippen molar-refractivity contribution in [2.45, 2.75) is 33.7 Å². The van der Waals surface area contributed by atoms with Crippen LogP contribution in [-0.4, -0.2) is 28.9 Å². The zero-order valence-electron chi connectivity index (χ0n) is 13.1. The molecule has 0 aromatic carbocycles. The largest absolute Gasteiger partial charge is 0.478 e. The van der Waals surface area contributed by atoms with Crippen LogP contribution < -0.4 is 0 Å². The Labute approximate surface area is 133 Å². The van der Waals surface area contributed by atoms with E-state index < -0.39 is 5.97 Å². The van der Waals surface area contributed by atoms with E-state index in [0.29, 0.717) is 16.4 Å². The Morgan fingerprint density at radius 1 is 1.32 bits per heavy atom. The van der Waals surface area contributed by atoms with Crippen LogP contribution in [0.2, 0.25) is 0 Å². The van der Waals surface area contributed by atoms with Gasteiger partial charge >= 0.3 is 5.97 Å². The fraction of sp³-hybridized carbons (Fsp3) is 0.375. The van der Waals surface area contributed by atoms with Crippen molar-refractivity contribution in [3.63, 3.8) is 0 Å². The summed E-state index contributed by atoms with van der Waals surface area (Å²) < 4.78 is 5.41. The second-order valence-electron chi connectivity index (χ2n) is 5.22. The zero-order chi connectivity index (χ0) is 16.4. The van der Waals surface area contributed by atoms with Crippen LogP contribution in [0.1, 0.15) is 48.9 Å². The second-order valence-corrected chi connectivity index (χ2v) is 6.36. The van der Waals surface area contributed by atoms with Gasteiger partial charge in [0.25, 0.3) is 5.91 Å². The lowest BCUT2D eigenvalue weighted by Gasteiger charge is -2.14. The monoisotopic (exact) mass is 321 g/mol. The van der Waals surface area contributed by atoms with Crippen molar-refractivity contribution in [2.24, 2.45) is 0 Å².